The third kappa shape index (κ3) is 12.6. The van der Waals surface area contributed by atoms with Crippen LogP contribution in [-0.2, 0) is 40.6 Å². The summed E-state index contributed by atoms with van der Waals surface area (Å²) in [5.41, 5.74) is 5.94. The number of rotatable bonds is 5. The number of aromatic nitrogens is 2. The van der Waals surface area contributed by atoms with Gasteiger partial charge in [-0.05, 0) is 61.4 Å². The molecule has 0 aliphatic carbocycles. The van der Waals surface area contributed by atoms with Crippen molar-refractivity contribution in [3.05, 3.63) is 83.4 Å². The Bertz CT molecular complexity index is 912. The van der Waals surface area contributed by atoms with E-state index >= 15 is 0 Å². The van der Waals surface area contributed by atoms with Crippen molar-refractivity contribution < 1.29 is 102 Å². The second kappa shape index (κ2) is 20.4. The van der Waals surface area contributed by atoms with Crippen LogP contribution in [0.5, 0.6) is 0 Å². The first kappa shape index (κ1) is 38.1. The quantitative estimate of drug-likeness (QED) is 0.192. The van der Waals surface area contributed by atoms with Crippen molar-refractivity contribution in [3.8, 4) is 0 Å². The van der Waals surface area contributed by atoms with E-state index in [2.05, 4.69) is 32.1 Å². The monoisotopic (exact) mass is 770 g/mol. The Balaban J connectivity index is -0.000000607. The van der Waals surface area contributed by atoms with E-state index < -0.39 is 0 Å². The number of pyridine rings is 2. The van der Waals surface area contributed by atoms with Crippen LogP contribution < -0.4 is 67.9 Å². The molecule has 4 nitrogen and oxygen atoms in total. The van der Waals surface area contributed by atoms with E-state index in [0.717, 1.165) is 40.3 Å². The van der Waals surface area contributed by atoms with Crippen molar-refractivity contribution in [1.82, 2.24) is 9.97 Å². The Morgan fingerprint density at radius 1 is 0.742 bits per heavy atom. The Morgan fingerprint density at radius 2 is 1.29 bits per heavy atom. The summed E-state index contributed by atoms with van der Waals surface area (Å²) in [5.74, 6) is 0. The van der Waals surface area contributed by atoms with Gasteiger partial charge in [-0.3, -0.25) is 20.0 Å². The van der Waals surface area contributed by atoms with Crippen LogP contribution in [0.3, 0.4) is 0 Å². The zero-order valence-electron chi connectivity index (χ0n) is 16.5. The van der Waals surface area contributed by atoms with Crippen LogP contribution in [0.1, 0.15) is 22.5 Å². The minimum Gasteiger partial charge on any atom is -1.00 e. The summed E-state index contributed by atoms with van der Waals surface area (Å²) >= 11 is 0. The van der Waals surface area contributed by atoms with Gasteiger partial charge in [0.1, 0.15) is 0 Å². The van der Waals surface area contributed by atoms with Gasteiger partial charge in [0, 0.05) is 30.7 Å². The molecule has 1 aromatic carbocycles. The second-order valence-electron chi connectivity index (χ2n) is 5.77. The van der Waals surface area contributed by atoms with Crippen molar-refractivity contribution >= 4 is 23.8 Å². The smallest absolute Gasteiger partial charge is 1.00 e. The van der Waals surface area contributed by atoms with Gasteiger partial charge in [-0.15, -0.1) is 0 Å². The molecule has 174 valence electrons. The van der Waals surface area contributed by atoms with Crippen LogP contribution >= 0.6 is 0 Å². The molecule has 0 N–H and O–H groups in total. The second-order valence-corrected chi connectivity index (χ2v) is 5.77. The molecule has 0 saturated heterocycles. The molecule has 0 aliphatic heterocycles. The molecule has 10 heteroatoms. The molecule has 0 atom stereocenters. The molecule has 2 heterocycles. The summed E-state index contributed by atoms with van der Waals surface area (Å²) in [4.78, 5) is 17.7. The van der Waals surface area contributed by atoms with Crippen LogP contribution in [-0.4, -0.2) is 22.4 Å². The fourth-order valence-corrected chi connectivity index (χ4v) is 2.41. The van der Waals surface area contributed by atoms with Crippen LogP contribution in [0, 0.1) is 13.8 Å². The predicted octanol–water partition coefficient (Wildman–Crippen LogP) is -7.20. The SMILES string of the molecule is Cc1cc(N=Cc2ccccn2)c(C)cc1N=CCc1ccccn1.[Br-].[Br-].[Br-].[Br-].[Cu+2].[Cu+2]. The minimum absolute atomic E-state index is 0. The van der Waals surface area contributed by atoms with Crippen LogP contribution in [0.15, 0.2) is 70.9 Å². The first-order chi connectivity index (χ1) is 12.2. The average molecular weight is 775 g/mol. The maximum atomic E-state index is 4.59. The summed E-state index contributed by atoms with van der Waals surface area (Å²) in [5, 5.41) is 0. The van der Waals surface area contributed by atoms with Gasteiger partial charge in [0.15, 0.2) is 0 Å². The minimum atomic E-state index is 0. The van der Waals surface area contributed by atoms with Gasteiger partial charge in [-0.25, -0.2) is 0 Å². The van der Waals surface area contributed by atoms with E-state index in [1.807, 2.05) is 56.5 Å². The van der Waals surface area contributed by atoms with Crippen molar-refractivity contribution in [1.29, 1.82) is 0 Å². The number of hydrogen-bond donors (Lipinski definition) is 0. The number of aliphatic imine (C=N–C) groups is 2. The predicted molar refractivity (Wildman–Crippen MR) is 104 cm³/mol. The van der Waals surface area contributed by atoms with Gasteiger partial charge in [0.05, 0.1) is 23.3 Å². The zero-order valence-corrected chi connectivity index (χ0v) is 24.8. The van der Waals surface area contributed by atoms with Crippen LogP contribution in [0.2, 0.25) is 0 Å². The molecule has 2 radical (unpaired) electrons. The molecule has 0 spiro atoms. The van der Waals surface area contributed by atoms with Gasteiger partial charge >= 0.3 is 34.1 Å². The Hall–Kier alpha value is -0.181. The first-order valence-corrected chi connectivity index (χ1v) is 8.21. The van der Waals surface area contributed by atoms with Crippen molar-refractivity contribution in [3.63, 3.8) is 0 Å². The fraction of sp³-hybridized carbons (Fsp3) is 0.143. The van der Waals surface area contributed by atoms with Crippen molar-refractivity contribution in [2.24, 2.45) is 9.98 Å². The number of benzene rings is 1. The van der Waals surface area contributed by atoms with E-state index in [4.69, 9.17) is 0 Å². The molecule has 0 amide bonds. The number of hydrogen-bond acceptors (Lipinski definition) is 4. The first-order valence-electron chi connectivity index (χ1n) is 8.21. The average Bonchev–Trinajstić information content (AvgIpc) is 2.65. The van der Waals surface area contributed by atoms with E-state index in [0.29, 0.717) is 0 Å². The fourth-order valence-electron chi connectivity index (χ4n) is 2.41. The maximum Gasteiger partial charge on any atom is 2.00 e. The van der Waals surface area contributed by atoms with Crippen LogP contribution in [0.4, 0.5) is 11.4 Å². The van der Waals surface area contributed by atoms with Crippen molar-refractivity contribution in [2.75, 3.05) is 0 Å². The summed E-state index contributed by atoms with van der Waals surface area (Å²) < 4.78 is 0. The maximum absolute atomic E-state index is 4.59. The molecular weight excluding hydrogens is 755 g/mol. The molecule has 0 unspecified atom stereocenters. The normalized spacial score (nSPS) is 9.23. The summed E-state index contributed by atoms with van der Waals surface area (Å²) in [6.07, 6.45) is 7.97. The third-order valence-corrected chi connectivity index (χ3v) is 3.80. The van der Waals surface area contributed by atoms with Gasteiger partial charge in [0.2, 0.25) is 0 Å². The molecule has 3 rings (SSSR count). The van der Waals surface area contributed by atoms with E-state index in [9.17, 15) is 0 Å². The van der Waals surface area contributed by atoms with E-state index in [1.54, 1.807) is 18.6 Å². The topological polar surface area (TPSA) is 50.5 Å². The Kier molecular flexibility index (Phi) is 25.1. The number of aryl methyl sites for hydroxylation is 2. The molecule has 0 saturated carbocycles. The molecule has 31 heavy (non-hydrogen) atoms. The number of nitrogens with zero attached hydrogens (tertiary/aromatic N) is 4. The van der Waals surface area contributed by atoms with Gasteiger partial charge in [0.25, 0.3) is 0 Å². The largest absolute Gasteiger partial charge is 2.00 e. The Labute approximate surface area is 247 Å². The molecule has 2 aromatic heterocycles. The summed E-state index contributed by atoms with van der Waals surface area (Å²) in [6.45, 7) is 4.09. The zero-order chi connectivity index (χ0) is 17.5. The van der Waals surface area contributed by atoms with Crippen LogP contribution in [0.25, 0.3) is 0 Å². The van der Waals surface area contributed by atoms with Gasteiger partial charge in [-0.2, -0.15) is 0 Å². The molecule has 0 fully saturated rings. The Morgan fingerprint density at radius 3 is 1.81 bits per heavy atom. The number of halogens is 4. The molecular formula is C21H20Br4Cu2N4. The molecule has 3 aromatic rings. The van der Waals surface area contributed by atoms with E-state index in [1.165, 1.54) is 0 Å². The third-order valence-electron chi connectivity index (χ3n) is 3.80. The standard InChI is InChI=1S/C21H20N4.4BrH.2Cu/c1-16-14-21(25-15-19-8-4-6-11-23-19)17(2)13-20(16)24-12-9-18-7-3-5-10-22-18;;;;;;/h3-8,10-15H,9H2,1-2H3;4*1H;;/q;;;;;2*+2/p-4. The van der Waals surface area contributed by atoms with Gasteiger partial charge in [-0.1, -0.05) is 12.1 Å². The molecule has 0 aliphatic rings. The molecule has 0 bridgehead atoms. The van der Waals surface area contributed by atoms with Crippen molar-refractivity contribution in [2.45, 2.75) is 20.3 Å². The van der Waals surface area contributed by atoms with E-state index in [-0.39, 0.29) is 102 Å². The van der Waals surface area contributed by atoms with Gasteiger partial charge < -0.3 is 67.9 Å². The summed E-state index contributed by atoms with van der Waals surface area (Å²) in [6, 6.07) is 15.8. The summed E-state index contributed by atoms with van der Waals surface area (Å²) in [7, 11) is 0.